The molecule has 2 nitrogen and oxygen atoms in total. The lowest BCUT2D eigenvalue weighted by molar-refractivity contribution is 0.0379. The number of carbonyl (C=O) groups is 1. The van der Waals surface area contributed by atoms with Gasteiger partial charge in [0, 0.05) is 0 Å². The van der Waals surface area contributed by atoms with Crippen LogP contribution in [-0.2, 0) is 4.74 Å². The number of ether oxygens (including phenoxy) is 1. The van der Waals surface area contributed by atoms with Crippen LogP contribution >= 0.6 is 0 Å². The van der Waals surface area contributed by atoms with Gasteiger partial charge in [0.2, 0.25) is 0 Å². The van der Waals surface area contributed by atoms with Crippen molar-refractivity contribution in [3.05, 3.63) is 132 Å². The lowest BCUT2D eigenvalue weighted by Gasteiger charge is -2.20. The average Bonchev–Trinajstić information content (AvgIpc) is 2.79. The Morgan fingerprint density at radius 2 is 1.04 bits per heavy atom. The summed E-state index contributed by atoms with van der Waals surface area (Å²) in [5, 5.41) is 0. The summed E-state index contributed by atoms with van der Waals surface area (Å²) in [7, 11) is 0. The van der Waals surface area contributed by atoms with E-state index in [4.69, 9.17) is 4.74 Å². The Balaban J connectivity index is 1.70. The third-order valence-corrected chi connectivity index (χ3v) is 4.66. The normalized spacial score (nSPS) is 10.6. The molecule has 0 atom stereocenters. The van der Waals surface area contributed by atoms with Gasteiger partial charge in [-0.15, -0.1) is 0 Å². The van der Waals surface area contributed by atoms with Gasteiger partial charge in [-0.25, -0.2) is 4.79 Å². The van der Waals surface area contributed by atoms with E-state index >= 15 is 0 Å². The van der Waals surface area contributed by atoms with Gasteiger partial charge in [-0.05, 0) is 28.3 Å². The molecule has 0 unspecified atom stereocenters. The molecular weight excluding hydrogens is 344 g/mol. The van der Waals surface area contributed by atoms with Crippen LogP contribution in [0.4, 0.5) is 0 Å². The summed E-state index contributed by atoms with van der Waals surface area (Å²) >= 11 is 0. The van der Waals surface area contributed by atoms with Crippen molar-refractivity contribution < 1.29 is 9.53 Å². The Bertz CT molecular complexity index is 1000. The van der Waals surface area contributed by atoms with Gasteiger partial charge in [0.25, 0.3) is 0 Å². The van der Waals surface area contributed by atoms with Crippen LogP contribution < -0.4 is 0 Å². The summed E-state index contributed by atoms with van der Waals surface area (Å²) < 4.78 is 6.03. The Labute approximate surface area is 165 Å². The molecule has 0 aliphatic rings. The fraction of sp³-hybridized carbons (Fsp3) is 0.0385. The first-order valence-electron chi connectivity index (χ1n) is 9.28. The van der Waals surface area contributed by atoms with Crippen LogP contribution in [0.15, 0.2) is 115 Å². The van der Waals surface area contributed by atoms with E-state index in [2.05, 4.69) is 0 Å². The van der Waals surface area contributed by atoms with Crippen LogP contribution in [0.1, 0.15) is 27.6 Å². The highest BCUT2D eigenvalue weighted by atomic mass is 16.5. The van der Waals surface area contributed by atoms with Crippen molar-refractivity contribution in [3.8, 4) is 11.1 Å². The molecule has 0 fully saturated rings. The zero-order chi connectivity index (χ0) is 19.2. The minimum atomic E-state index is -0.460. The Hall–Kier alpha value is -3.65. The quantitative estimate of drug-likeness (QED) is 0.388. The van der Waals surface area contributed by atoms with E-state index < -0.39 is 6.10 Å². The molecule has 0 amide bonds. The maximum Gasteiger partial charge on any atom is 0.339 e. The van der Waals surface area contributed by atoms with Crippen LogP contribution in [0, 0.1) is 0 Å². The second kappa shape index (κ2) is 8.36. The highest BCUT2D eigenvalue weighted by molar-refractivity contribution is 5.97. The molecule has 0 saturated heterocycles. The molecule has 0 saturated carbocycles. The van der Waals surface area contributed by atoms with Crippen molar-refractivity contribution in [2.75, 3.05) is 0 Å². The fourth-order valence-electron chi connectivity index (χ4n) is 3.29. The number of carbonyl (C=O) groups excluding carboxylic acids is 1. The van der Waals surface area contributed by atoms with Gasteiger partial charge < -0.3 is 4.74 Å². The maximum absolute atomic E-state index is 13.2. The molecule has 0 N–H and O–H groups in total. The summed E-state index contributed by atoms with van der Waals surface area (Å²) in [6.45, 7) is 0. The highest BCUT2D eigenvalue weighted by Gasteiger charge is 2.21. The fourth-order valence-corrected chi connectivity index (χ4v) is 3.29. The van der Waals surface area contributed by atoms with Crippen LogP contribution in [0.5, 0.6) is 0 Å². The molecule has 28 heavy (non-hydrogen) atoms. The van der Waals surface area contributed by atoms with E-state index in [1.807, 2.05) is 115 Å². The van der Waals surface area contributed by atoms with Crippen molar-refractivity contribution in [1.29, 1.82) is 0 Å². The smallest absolute Gasteiger partial charge is 0.339 e. The predicted octanol–water partition coefficient (Wildman–Crippen LogP) is 6.30. The Morgan fingerprint density at radius 1 is 0.571 bits per heavy atom. The van der Waals surface area contributed by atoms with Crippen molar-refractivity contribution in [2.24, 2.45) is 0 Å². The summed E-state index contributed by atoms with van der Waals surface area (Å²) in [5.41, 5.74) is 4.31. The first kappa shape index (κ1) is 17.7. The summed E-state index contributed by atoms with van der Waals surface area (Å²) in [6.07, 6.45) is -0.460. The van der Waals surface area contributed by atoms with Gasteiger partial charge in [-0.3, -0.25) is 0 Å². The number of esters is 1. The number of hydrogen-bond acceptors (Lipinski definition) is 2. The Kier molecular flexibility index (Phi) is 5.30. The third-order valence-electron chi connectivity index (χ3n) is 4.66. The van der Waals surface area contributed by atoms with E-state index in [1.54, 1.807) is 0 Å². The Morgan fingerprint density at radius 3 is 1.61 bits per heavy atom. The molecule has 0 radical (unpaired) electrons. The summed E-state index contributed by atoms with van der Waals surface area (Å²) in [5.74, 6) is -0.336. The zero-order valence-corrected chi connectivity index (χ0v) is 15.4. The minimum absolute atomic E-state index is 0.336. The second-order valence-corrected chi connectivity index (χ2v) is 6.52. The molecule has 2 heteroatoms. The third kappa shape index (κ3) is 3.86. The molecule has 0 aliphatic carbocycles. The second-order valence-electron chi connectivity index (χ2n) is 6.52. The molecular formula is C26H20O2. The van der Waals surface area contributed by atoms with Crippen LogP contribution in [0.2, 0.25) is 0 Å². The van der Waals surface area contributed by atoms with Gasteiger partial charge in [-0.2, -0.15) is 0 Å². The van der Waals surface area contributed by atoms with Gasteiger partial charge in [-0.1, -0.05) is 109 Å². The number of benzene rings is 4. The standard InChI is InChI=1S/C26H20O2/c27-26(24-19-11-10-18-23(24)20-12-4-1-5-13-20)28-25(21-14-6-2-7-15-21)22-16-8-3-9-17-22/h1-19,25H. The lowest BCUT2D eigenvalue weighted by atomic mass is 9.99. The molecule has 0 aromatic heterocycles. The van der Waals surface area contributed by atoms with E-state index in [-0.39, 0.29) is 5.97 Å². The highest BCUT2D eigenvalue weighted by Crippen LogP contribution is 2.30. The first-order valence-corrected chi connectivity index (χ1v) is 9.28. The molecule has 0 heterocycles. The molecule has 4 aromatic rings. The monoisotopic (exact) mass is 364 g/mol. The van der Waals surface area contributed by atoms with Crippen molar-refractivity contribution >= 4 is 5.97 Å². The SMILES string of the molecule is O=C(OC(c1ccccc1)c1ccccc1)c1ccccc1-c1ccccc1. The van der Waals surface area contributed by atoms with E-state index in [0.29, 0.717) is 5.56 Å². The first-order chi connectivity index (χ1) is 13.8. The van der Waals surface area contributed by atoms with Gasteiger partial charge >= 0.3 is 5.97 Å². The molecule has 136 valence electrons. The topological polar surface area (TPSA) is 26.3 Å². The van der Waals surface area contributed by atoms with Crippen LogP contribution in [0.25, 0.3) is 11.1 Å². The van der Waals surface area contributed by atoms with Crippen LogP contribution in [-0.4, -0.2) is 5.97 Å². The average molecular weight is 364 g/mol. The summed E-state index contributed by atoms with van der Waals surface area (Å²) in [4.78, 5) is 13.2. The lowest BCUT2D eigenvalue weighted by Crippen LogP contribution is -2.14. The van der Waals surface area contributed by atoms with E-state index in [1.165, 1.54) is 0 Å². The van der Waals surface area contributed by atoms with Crippen molar-refractivity contribution in [1.82, 2.24) is 0 Å². The maximum atomic E-state index is 13.2. The largest absolute Gasteiger partial charge is 0.449 e. The number of hydrogen-bond donors (Lipinski definition) is 0. The molecule has 0 spiro atoms. The molecule has 4 rings (SSSR count). The van der Waals surface area contributed by atoms with Gasteiger partial charge in [0.05, 0.1) is 5.56 Å². The van der Waals surface area contributed by atoms with E-state index in [9.17, 15) is 4.79 Å². The zero-order valence-electron chi connectivity index (χ0n) is 15.4. The van der Waals surface area contributed by atoms with Gasteiger partial charge in [0.15, 0.2) is 6.10 Å². The van der Waals surface area contributed by atoms with Crippen molar-refractivity contribution in [3.63, 3.8) is 0 Å². The summed E-state index contributed by atoms with van der Waals surface area (Å²) in [6, 6.07) is 37.1. The van der Waals surface area contributed by atoms with Gasteiger partial charge in [0.1, 0.15) is 0 Å². The van der Waals surface area contributed by atoms with E-state index in [0.717, 1.165) is 22.3 Å². The minimum Gasteiger partial charge on any atom is -0.449 e. The molecule has 4 aromatic carbocycles. The predicted molar refractivity (Wildman–Crippen MR) is 112 cm³/mol. The molecule has 0 bridgehead atoms. The molecule has 0 aliphatic heterocycles. The number of rotatable bonds is 5. The van der Waals surface area contributed by atoms with Crippen LogP contribution in [0.3, 0.4) is 0 Å². The van der Waals surface area contributed by atoms with Crippen molar-refractivity contribution in [2.45, 2.75) is 6.10 Å².